The van der Waals surface area contributed by atoms with E-state index in [4.69, 9.17) is 5.11 Å². The van der Waals surface area contributed by atoms with Gasteiger partial charge in [-0.25, -0.2) is 4.79 Å². The summed E-state index contributed by atoms with van der Waals surface area (Å²) in [5.74, 6) is -5.78. The van der Waals surface area contributed by atoms with Crippen molar-refractivity contribution < 1.29 is 18.7 Å². The second-order valence-corrected chi connectivity index (χ2v) is 3.07. The summed E-state index contributed by atoms with van der Waals surface area (Å²) in [6.07, 6.45) is 0.0954. The zero-order valence-electron chi connectivity index (χ0n) is 6.52. The number of nitrogens with one attached hydrogen (secondary N) is 1. The van der Waals surface area contributed by atoms with Crippen molar-refractivity contribution in [3.8, 4) is 0 Å². The Morgan fingerprint density at radius 2 is 2.33 bits per heavy atom. The molecule has 2 N–H and O–H groups in total. The van der Waals surface area contributed by atoms with E-state index in [0.29, 0.717) is 19.5 Å². The Hall–Kier alpha value is -0.710. The number of carbonyl (C=O) groups is 1. The van der Waals surface area contributed by atoms with E-state index in [1.54, 1.807) is 0 Å². The molecule has 0 bridgehead atoms. The average molecular weight is 179 g/mol. The second kappa shape index (κ2) is 3.35. The third-order valence-corrected chi connectivity index (χ3v) is 2.02. The number of rotatable bonds is 3. The van der Waals surface area contributed by atoms with Crippen LogP contribution in [0, 0.1) is 5.92 Å². The summed E-state index contributed by atoms with van der Waals surface area (Å²) in [7, 11) is 0. The highest BCUT2D eigenvalue weighted by molar-refractivity contribution is 5.75. The minimum absolute atomic E-state index is 0.198. The van der Waals surface area contributed by atoms with Crippen LogP contribution in [0.4, 0.5) is 8.78 Å². The van der Waals surface area contributed by atoms with Gasteiger partial charge in [0.25, 0.3) is 0 Å². The summed E-state index contributed by atoms with van der Waals surface area (Å²) in [6.45, 7) is 1.21. The van der Waals surface area contributed by atoms with Gasteiger partial charge >= 0.3 is 11.9 Å². The monoisotopic (exact) mass is 179 g/mol. The van der Waals surface area contributed by atoms with Crippen LogP contribution in [0.2, 0.25) is 0 Å². The molecule has 1 aliphatic rings. The first-order valence-corrected chi connectivity index (χ1v) is 3.84. The first-order valence-electron chi connectivity index (χ1n) is 3.84. The first kappa shape index (κ1) is 9.38. The van der Waals surface area contributed by atoms with Crippen LogP contribution in [0.5, 0.6) is 0 Å². The van der Waals surface area contributed by atoms with Crippen molar-refractivity contribution in [2.45, 2.75) is 18.8 Å². The number of carboxylic acid groups (broad SMARTS) is 1. The van der Waals surface area contributed by atoms with Crippen molar-refractivity contribution in [2.75, 3.05) is 13.1 Å². The average Bonchev–Trinajstić information content (AvgIpc) is 2.38. The SMILES string of the molecule is O=C(O)C(F)(F)CC1CCNC1. The Bertz CT molecular complexity index is 178. The van der Waals surface area contributed by atoms with E-state index >= 15 is 0 Å². The Morgan fingerprint density at radius 1 is 1.67 bits per heavy atom. The van der Waals surface area contributed by atoms with Crippen LogP contribution >= 0.6 is 0 Å². The lowest BCUT2D eigenvalue weighted by molar-refractivity contribution is -0.167. The van der Waals surface area contributed by atoms with Crippen molar-refractivity contribution in [2.24, 2.45) is 5.92 Å². The number of hydrogen-bond acceptors (Lipinski definition) is 2. The standard InChI is InChI=1S/C7H11F2NO2/c8-7(9,6(11)12)3-5-1-2-10-4-5/h5,10H,1-4H2,(H,11,12). The van der Waals surface area contributed by atoms with E-state index in [2.05, 4.69) is 5.32 Å². The largest absolute Gasteiger partial charge is 0.477 e. The van der Waals surface area contributed by atoms with Gasteiger partial charge in [-0.05, 0) is 25.4 Å². The predicted molar refractivity (Wildman–Crippen MR) is 38.2 cm³/mol. The van der Waals surface area contributed by atoms with Crippen LogP contribution in [0.3, 0.4) is 0 Å². The number of aliphatic carboxylic acids is 1. The van der Waals surface area contributed by atoms with Gasteiger partial charge in [-0.3, -0.25) is 0 Å². The van der Waals surface area contributed by atoms with Crippen LogP contribution in [-0.2, 0) is 4.79 Å². The fraction of sp³-hybridized carbons (Fsp3) is 0.857. The smallest absolute Gasteiger partial charge is 0.374 e. The molecule has 1 saturated heterocycles. The lowest BCUT2D eigenvalue weighted by Gasteiger charge is -2.14. The van der Waals surface area contributed by atoms with Gasteiger partial charge in [0.1, 0.15) is 0 Å². The molecule has 5 heteroatoms. The molecule has 1 aliphatic heterocycles. The molecular formula is C7H11F2NO2. The third kappa shape index (κ3) is 2.14. The second-order valence-electron chi connectivity index (χ2n) is 3.07. The first-order chi connectivity index (χ1) is 5.52. The molecule has 1 heterocycles. The Morgan fingerprint density at radius 3 is 2.75 bits per heavy atom. The number of halogens is 2. The number of alkyl halides is 2. The molecular weight excluding hydrogens is 168 g/mol. The zero-order valence-corrected chi connectivity index (χ0v) is 6.52. The fourth-order valence-corrected chi connectivity index (χ4v) is 1.34. The summed E-state index contributed by atoms with van der Waals surface area (Å²) in [6, 6.07) is 0. The summed E-state index contributed by atoms with van der Waals surface area (Å²) in [5.41, 5.74) is 0. The molecule has 0 aliphatic carbocycles. The molecule has 0 aromatic carbocycles. The molecule has 12 heavy (non-hydrogen) atoms. The molecule has 1 rings (SSSR count). The van der Waals surface area contributed by atoms with Gasteiger partial charge in [0, 0.05) is 6.42 Å². The van der Waals surface area contributed by atoms with Crippen molar-refractivity contribution in [3.63, 3.8) is 0 Å². The third-order valence-electron chi connectivity index (χ3n) is 2.02. The maximum atomic E-state index is 12.6. The minimum Gasteiger partial charge on any atom is -0.477 e. The maximum Gasteiger partial charge on any atom is 0.374 e. The minimum atomic E-state index is -3.56. The van der Waals surface area contributed by atoms with Crippen molar-refractivity contribution in [3.05, 3.63) is 0 Å². The molecule has 0 saturated carbocycles. The maximum absolute atomic E-state index is 12.6. The highest BCUT2D eigenvalue weighted by Gasteiger charge is 2.41. The van der Waals surface area contributed by atoms with Gasteiger partial charge in [-0.15, -0.1) is 0 Å². The Labute approximate surface area is 68.8 Å². The quantitative estimate of drug-likeness (QED) is 0.670. The normalized spacial score (nSPS) is 24.3. The highest BCUT2D eigenvalue weighted by atomic mass is 19.3. The van der Waals surface area contributed by atoms with Gasteiger partial charge < -0.3 is 10.4 Å². The molecule has 0 amide bonds. The van der Waals surface area contributed by atoms with Crippen LogP contribution in [0.25, 0.3) is 0 Å². The van der Waals surface area contributed by atoms with Gasteiger partial charge in [0.05, 0.1) is 0 Å². The van der Waals surface area contributed by atoms with E-state index in [9.17, 15) is 13.6 Å². The van der Waals surface area contributed by atoms with E-state index in [0.717, 1.165) is 0 Å². The molecule has 0 aromatic heterocycles. The zero-order chi connectivity index (χ0) is 9.19. The van der Waals surface area contributed by atoms with Crippen LogP contribution in [0.1, 0.15) is 12.8 Å². The molecule has 0 aromatic rings. The van der Waals surface area contributed by atoms with Gasteiger partial charge in [-0.2, -0.15) is 8.78 Å². The van der Waals surface area contributed by atoms with Crippen molar-refractivity contribution >= 4 is 5.97 Å². The predicted octanol–water partition coefficient (Wildman–Crippen LogP) is 0.706. The van der Waals surface area contributed by atoms with Crippen LogP contribution < -0.4 is 5.32 Å². The van der Waals surface area contributed by atoms with Crippen molar-refractivity contribution in [1.82, 2.24) is 5.32 Å². The van der Waals surface area contributed by atoms with E-state index in [-0.39, 0.29) is 5.92 Å². The number of carboxylic acids is 1. The molecule has 1 atom stereocenters. The topological polar surface area (TPSA) is 49.3 Å². The van der Waals surface area contributed by atoms with Crippen LogP contribution in [-0.4, -0.2) is 30.1 Å². The fourth-order valence-electron chi connectivity index (χ4n) is 1.34. The lowest BCUT2D eigenvalue weighted by atomic mass is 10.0. The summed E-state index contributed by atoms with van der Waals surface area (Å²) in [4.78, 5) is 10.0. The van der Waals surface area contributed by atoms with Gasteiger partial charge in [0.15, 0.2) is 0 Å². The Kier molecular flexibility index (Phi) is 2.62. The van der Waals surface area contributed by atoms with E-state index < -0.39 is 18.3 Å². The molecule has 1 unspecified atom stereocenters. The van der Waals surface area contributed by atoms with E-state index in [1.165, 1.54) is 0 Å². The molecule has 70 valence electrons. The van der Waals surface area contributed by atoms with Crippen LogP contribution in [0.15, 0.2) is 0 Å². The summed E-state index contributed by atoms with van der Waals surface area (Å²) < 4.78 is 25.1. The molecule has 1 fully saturated rings. The lowest BCUT2D eigenvalue weighted by Crippen LogP contribution is -2.31. The van der Waals surface area contributed by atoms with E-state index in [1.807, 2.05) is 0 Å². The number of hydrogen-bond donors (Lipinski definition) is 2. The molecule has 3 nitrogen and oxygen atoms in total. The highest BCUT2D eigenvalue weighted by Crippen LogP contribution is 2.26. The molecule has 0 radical (unpaired) electrons. The van der Waals surface area contributed by atoms with Crippen molar-refractivity contribution in [1.29, 1.82) is 0 Å². The Balaban J connectivity index is 2.42. The van der Waals surface area contributed by atoms with Gasteiger partial charge in [-0.1, -0.05) is 0 Å². The van der Waals surface area contributed by atoms with Gasteiger partial charge in [0.2, 0.25) is 0 Å². The summed E-state index contributed by atoms with van der Waals surface area (Å²) in [5, 5.41) is 11.0. The molecule has 0 spiro atoms. The summed E-state index contributed by atoms with van der Waals surface area (Å²) >= 11 is 0.